The Hall–Kier alpha value is -4.33. The molecule has 0 fully saturated rings. The van der Waals surface area contributed by atoms with E-state index in [0.717, 1.165) is 29.7 Å². The van der Waals surface area contributed by atoms with Crippen LogP contribution < -0.4 is 5.32 Å². The zero-order valence-corrected chi connectivity index (χ0v) is 21.1. The van der Waals surface area contributed by atoms with Crippen molar-refractivity contribution < 1.29 is 4.79 Å². The van der Waals surface area contributed by atoms with Crippen molar-refractivity contribution in [1.82, 2.24) is 29.9 Å². The highest BCUT2D eigenvalue weighted by atomic mass is 16.2. The quantitative estimate of drug-likeness (QED) is 0.357. The predicted octanol–water partition coefficient (Wildman–Crippen LogP) is 5.67. The van der Waals surface area contributed by atoms with Gasteiger partial charge in [0.2, 0.25) is 5.65 Å². The van der Waals surface area contributed by atoms with Gasteiger partial charge in [-0.15, -0.1) is 5.10 Å². The molecule has 3 heterocycles. The normalized spacial score (nSPS) is 12.2. The third kappa shape index (κ3) is 4.88. The van der Waals surface area contributed by atoms with E-state index in [9.17, 15) is 4.79 Å². The summed E-state index contributed by atoms with van der Waals surface area (Å²) >= 11 is 0. The highest BCUT2D eigenvalue weighted by Crippen LogP contribution is 2.24. The van der Waals surface area contributed by atoms with Crippen molar-refractivity contribution in [2.75, 3.05) is 11.9 Å². The average Bonchev–Trinajstić information content (AvgIpc) is 3.46. The average molecular weight is 482 g/mol. The number of nitrogens with one attached hydrogen (secondary N) is 1. The first kappa shape index (κ1) is 24.8. The summed E-state index contributed by atoms with van der Waals surface area (Å²) in [6.45, 7) is 9.38. The lowest BCUT2D eigenvalue weighted by Crippen LogP contribution is -2.35. The molecule has 0 radical (unpaired) electrons. The van der Waals surface area contributed by atoms with Crippen LogP contribution in [-0.2, 0) is 13.0 Å². The monoisotopic (exact) mass is 481 g/mol. The van der Waals surface area contributed by atoms with Gasteiger partial charge >= 0.3 is 0 Å². The van der Waals surface area contributed by atoms with Gasteiger partial charge in [0.15, 0.2) is 5.82 Å². The number of para-hydroxylation sites is 2. The highest BCUT2D eigenvalue weighted by Gasteiger charge is 2.21. The zero-order chi connectivity index (χ0) is 25.5. The molecule has 184 valence electrons. The number of fused-ring (bicyclic) bond motifs is 4. The fourth-order valence-electron chi connectivity index (χ4n) is 4.17. The van der Waals surface area contributed by atoms with Crippen LogP contribution in [0.25, 0.3) is 16.7 Å². The Labute approximate surface area is 211 Å². The largest absolute Gasteiger partial charge is 0.337 e. The SMILES string of the molecule is CC.CC.O=C(c1ccc(Nc2nc3ccccc3n3nnnc23)cc1)N1CCc2ccccc2C1. The molecule has 0 bridgehead atoms. The molecular formula is C28H31N7O. The van der Waals surface area contributed by atoms with Crippen molar-refractivity contribution in [3.05, 3.63) is 89.5 Å². The molecule has 0 atom stereocenters. The second-order valence-electron chi connectivity index (χ2n) is 7.81. The smallest absolute Gasteiger partial charge is 0.254 e. The van der Waals surface area contributed by atoms with Crippen LogP contribution >= 0.6 is 0 Å². The molecule has 5 aromatic rings. The molecule has 0 aliphatic carbocycles. The van der Waals surface area contributed by atoms with E-state index in [1.54, 1.807) is 4.52 Å². The Kier molecular flexibility index (Phi) is 7.85. The predicted molar refractivity (Wildman–Crippen MR) is 143 cm³/mol. The topological polar surface area (TPSA) is 88.3 Å². The molecule has 1 aliphatic heterocycles. The maximum Gasteiger partial charge on any atom is 0.254 e. The first-order valence-electron chi connectivity index (χ1n) is 12.5. The van der Waals surface area contributed by atoms with Gasteiger partial charge in [-0.1, -0.05) is 64.1 Å². The molecule has 1 amide bonds. The number of hydrogen-bond acceptors (Lipinski definition) is 6. The van der Waals surface area contributed by atoms with Crippen LogP contribution in [0.1, 0.15) is 49.2 Å². The summed E-state index contributed by atoms with van der Waals surface area (Å²) in [6.07, 6.45) is 0.886. The minimum Gasteiger partial charge on any atom is -0.337 e. The molecule has 1 aliphatic rings. The molecule has 8 heteroatoms. The third-order valence-electron chi connectivity index (χ3n) is 5.84. The van der Waals surface area contributed by atoms with E-state index in [2.05, 4.69) is 44.0 Å². The second-order valence-corrected chi connectivity index (χ2v) is 7.81. The van der Waals surface area contributed by atoms with E-state index < -0.39 is 0 Å². The standard InChI is InChI=1S/C24H19N7O.2C2H6/c32-24(30-14-13-16-5-1-2-6-18(16)15-30)17-9-11-19(12-10-17)25-22-23-27-28-29-31(23)21-8-4-3-7-20(21)26-22;2*1-2/h1-12H,13-15H2,(H,25,26);2*1-2H3. The zero-order valence-electron chi connectivity index (χ0n) is 21.1. The van der Waals surface area contributed by atoms with E-state index in [4.69, 9.17) is 0 Å². The number of rotatable bonds is 3. The maximum atomic E-state index is 13.0. The van der Waals surface area contributed by atoms with Gasteiger partial charge in [0.05, 0.1) is 11.0 Å². The summed E-state index contributed by atoms with van der Waals surface area (Å²) in [5.74, 6) is 0.597. The van der Waals surface area contributed by atoms with E-state index >= 15 is 0 Å². The van der Waals surface area contributed by atoms with Gasteiger partial charge in [-0.2, -0.15) is 4.52 Å². The van der Waals surface area contributed by atoms with Crippen molar-refractivity contribution in [2.24, 2.45) is 0 Å². The molecular weight excluding hydrogens is 450 g/mol. The van der Waals surface area contributed by atoms with Crippen LogP contribution in [0.15, 0.2) is 72.8 Å². The lowest BCUT2D eigenvalue weighted by atomic mass is 9.99. The van der Waals surface area contributed by atoms with Crippen LogP contribution in [0.5, 0.6) is 0 Å². The van der Waals surface area contributed by atoms with E-state index in [0.29, 0.717) is 23.6 Å². The summed E-state index contributed by atoms with van der Waals surface area (Å²) in [5.41, 5.74) is 6.17. The lowest BCUT2D eigenvalue weighted by molar-refractivity contribution is 0.0734. The molecule has 8 nitrogen and oxygen atoms in total. The van der Waals surface area contributed by atoms with Crippen LogP contribution in [-0.4, -0.2) is 42.4 Å². The lowest BCUT2D eigenvalue weighted by Gasteiger charge is -2.29. The van der Waals surface area contributed by atoms with Crippen LogP contribution in [0.2, 0.25) is 0 Å². The minimum atomic E-state index is 0.0407. The third-order valence-corrected chi connectivity index (χ3v) is 5.84. The molecule has 36 heavy (non-hydrogen) atoms. The van der Waals surface area contributed by atoms with Gasteiger partial charge in [0.25, 0.3) is 5.91 Å². The van der Waals surface area contributed by atoms with Crippen LogP contribution in [0.4, 0.5) is 11.5 Å². The molecule has 6 rings (SSSR count). The number of nitrogens with zero attached hydrogens (tertiary/aromatic N) is 6. The van der Waals surface area contributed by atoms with Crippen molar-refractivity contribution >= 4 is 34.1 Å². The van der Waals surface area contributed by atoms with Gasteiger partial charge in [-0.3, -0.25) is 4.79 Å². The Morgan fingerprint density at radius 3 is 2.33 bits per heavy atom. The Morgan fingerprint density at radius 2 is 1.56 bits per heavy atom. The van der Waals surface area contributed by atoms with Crippen molar-refractivity contribution in [3.8, 4) is 0 Å². The highest BCUT2D eigenvalue weighted by molar-refractivity contribution is 5.95. The number of carbonyl (C=O) groups is 1. The number of anilines is 2. The number of tetrazole rings is 1. The van der Waals surface area contributed by atoms with Crippen molar-refractivity contribution in [1.29, 1.82) is 0 Å². The number of carbonyl (C=O) groups excluding carboxylic acids is 1. The van der Waals surface area contributed by atoms with Crippen molar-refractivity contribution in [2.45, 2.75) is 40.7 Å². The van der Waals surface area contributed by atoms with Crippen molar-refractivity contribution in [3.63, 3.8) is 0 Å². The summed E-state index contributed by atoms with van der Waals surface area (Å²) in [5, 5.41) is 15.3. The Balaban J connectivity index is 0.000000726. The Morgan fingerprint density at radius 1 is 0.861 bits per heavy atom. The Bertz CT molecular complexity index is 1460. The summed E-state index contributed by atoms with van der Waals surface area (Å²) in [4.78, 5) is 19.6. The molecule has 2 aromatic heterocycles. The number of aromatic nitrogens is 5. The van der Waals surface area contributed by atoms with Gasteiger partial charge < -0.3 is 10.2 Å². The molecule has 3 aromatic carbocycles. The van der Waals surface area contributed by atoms with E-state index in [1.807, 2.05) is 87.2 Å². The molecule has 0 saturated heterocycles. The summed E-state index contributed by atoms with van der Waals surface area (Å²) in [7, 11) is 0. The minimum absolute atomic E-state index is 0.0407. The fraction of sp³-hybridized carbons (Fsp3) is 0.250. The maximum absolute atomic E-state index is 13.0. The number of amides is 1. The number of benzene rings is 3. The van der Waals surface area contributed by atoms with Crippen LogP contribution in [0.3, 0.4) is 0 Å². The summed E-state index contributed by atoms with van der Waals surface area (Å²) < 4.78 is 1.66. The van der Waals surface area contributed by atoms with Gasteiger partial charge in [-0.05, 0) is 64.4 Å². The first-order chi connectivity index (χ1) is 17.8. The molecule has 1 N–H and O–H groups in total. The molecule has 0 saturated carbocycles. The molecule has 0 unspecified atom stereocenters. The van der Waals surface area contributed by atoms with Gasteiger partial charge in [0, 0.05) is 24.3 Å². The molecule has 0 spiro atoms. The van der Waals surface area contributed by atoms with E-state index in [1.165, 1.54) is 11.1 Å². The number of hydrogen-bond donors (Lipinski definition) is 1. The van der Waals surface area contributed by atoms with Gasteiger partial charge in [0.1, 0.15) is 0 Å². The summed E-state index contributed by atoms with van der Waals surface area (Å²) in [6, 6.07) is 23.4. The van der Waals surface area contributed by atoms with Gasteiger partial charge in [-0.25, -0.2) is 4.98 Å². The van der Waals surface area contributed by atoms with E-state index in [-0.39, 0.29) is 5.91 Å². The second kappa shape index (κ2) is 11.4. The van der Waals surface area contributed by atoms with Crippen LogP contribution in [0, 0.1) is 0 Å². The fourth-order valence-corrected chi connectivity index (χ4v) is 4.17. The first-order valence-corrected chi connectivity index (χ1v) is 12.5.